The molecule has 1 aliphatic rings. The first-order valence-electron chi connectivity index (χ1n) is 6.44. The minimum atomic E-state index is -0.425. The van der Waals surface area contributed by atoms with E-state index in [1.807, 2.05) is 37.3 Å². The van der Waals surface area contributed by atoms with Crippen LogP contribution in [0.5, 0.6) is 0 Å². The molecule has 0 atom stereocenters. The van der Waals surface area contributed by atoms with Crippen molar-refractivity contribution in [3.8, 4) is 17.2 Å². The third kappa shape index (κ3) is 1.92. The van der Waals surface area contributed by atoms with E-state index in [9.17, 15) is 4.39 Å². The maximum atomic E-state index is 14.3. The molecule has 0 bridgehead atoms. The molecule has 0 saturated heterocycles. The molecule has 0 amide bonds. The molecule has 0 aromatic heterocycles. The first-order valence-corrected chi connectivity index (χ1v) is 6.44. The molecule has 0 spiro atoms. The van der Waals surface area contributed by atoms with Gasteiger partial charge in [0.2, 0.25) is 0 Å². The average molecular weight is 251 g/mol. The summed E-state index contributed by atoms with van der Waals surface area (Å²) in [6.45, 7) is 1.97. The lowest BCUT2D eigenvalue weighted by atomic mass is 9.93. The smallest absolute Gasteiger partial charge is 0.131 e. The van der Waals surface area contributed by atoms with Crippen LogP contribution in [-0.2, 0) is 5.41 Å². The topological polar surface area (TPSA) is 23.8 Å². The molecule has 0 heterocycles. The Bertz CT molecular complexity index is 678. The van der Waals surface area contributed by atoms with Crippen molar-refractivity contribution in [3.05, 3.63) is 59.4 Å². The molecule has 1 nitrogen and oxygen atoms in total. The van der Waals surface area contributed by atoms with Gasteiger partial charge in [-0.15, -0.1) is 0 Å². The van der Waals surface area contributed by atoms with E-state index in [1.54, 1.807) is 6.07 Å². The monoisotopic (exact) mass is 251 g/mol. The molecule has 2 heteroatoms. The predicted molar refractivity (Wildman–Crippen MR) is 73.1 cm³/mol. The maximum Gasteiger partial charge on any atom is 0.131 e. The molecule has 1 fully saturated rings. The third-order valence-electron chi connectivity index (χ3n) is 3.92. The Labute approximate surface area is 112 Å². The molecule has 0 N–H and O–H groups in total. The predicted octanol–water partition coefficient (Wildman–Crippen LogP) is 4.36. The van der Waals surface area contributed by atoms with Crippen molar-refractivity contribution in [2.24, 2.45) is 0 Å². The lowest BCUT2D eigenvalue weighted by Crippen LogP contribution is -2.03. The van der Waals surface area contributed by atoms with Gasteiger partial charge in [-0.25, -0.2) is 4.39 Å². The van der Waals surface area contributed by atoms with Crippen LogP contribution >= 0.6 is 0 Å². The fourth-order valence-corrected chi connectivity index (χ4v) is 2.50. The molecule has 1 aliphatic carbocycles. The van der Waals surface area contributed by atoms with Crippen LogP contribution in [0.2, 0.25) is 0 Å². The van der Waals surface area contributed by atoms with Gasteiger partial charge in [0.05, 0.1) is 11.5 Å². The zero-order valence-corrected chi connectivity index (χ0v) is 10.8. The van der Waals surface area contributed by atoms with Gasteiger partial charge in [0, 0.05) is 5.56 Å². The van der Waals surface area contributed by atoms with Crippen LogP contribution in [0.4, 0.5) is 4.39 Å². The molecule has 2 aromatic rings. The number of halogens is 1. The van der Waals surface area contributed by atoms with E-state index in [0.717, 1.165) is 29.5 Å². The van der Waals surface area contributed by atoms with Gasteiger partial charge in [-0.2, -0.15) is 5.26 Å². The lowest BCUT2D eigenvalue weighted by Gasteiger charge is -2.11. The lowest BCUT2D eigenvalue weighted by molar-refractivity contribution is 0.627. The van der Waals surface area contributed by atoms with E-state index in [0.29, 0.717) is 5.56 Å². The molecule has 19 heavy (non-hydrogen) atoms. The second kappa shape index (κ2) is 4.20. The number of hydrogen-bond acceptors (Lipinski definition) is 1. The number of rotatable bonds is 2. The average Bonchev–Trinajstić information content (AvgIpc) is 3.21. The Morgan fingerprint density at radius 3 is 2.42 bits per heavy atom. The Morgan fingerprint density at radius 2 is 1.84 bits per heavy atom. The fraction of sp³-hybridized carbons (Fsp3) is 0.235. The van der Waals surface area contributed by atoms with E-state index in [1.165, 1.54) is 6.07 Å². The molecule has 0 radical (unpaired) electrons. The normalized spacial score (nSPS) is 15.8. The zero-order chi connectivity index (χ0) is 13.5. The molecular formula is C17H14FN. The number of hydrogen-bond donors (Lipinski definition) is 0. The summed E-state index contributed by atoms with van der Waals surface area (Å²) in [6, 6.07) is 15.3. The summed E-state index contributed by atoms with van der Waals surface area (Å²) in [6.07, 6.45) is 1.68. The molecular weight excluding hydrogens is 237 g/mol. The van der Waals surface area contributed by atoms with Crippen molar-refractivity contribution in [2.45, 2.75) is 25.2 Å². The highest BCUT2D eigenvalue weighted by Crippen LogP contribution is 2.48. The summed E-state index contributed by atoms with van der Waals surface area (Å²) in [4.78, 5) is 0. The molecule has 0 aliphatic heterocycles. The van der Waals surface area contributed by atoms with Gasteiger partial charge < -0.3 is 0 Å². The van der Waals surface area contributed by atoms with Crippen LogP contribution in [0.25, 0.3) is 11.1 Å². The van der Waals surface area contributed by atoms with Crippen molar-refractivity contribution in [1.82, 2.24) is 0 Å². The van der Waals surface area contributed by atoms with Gasteiger partial charge in [-0.1, -0.05) is 36.4 Å². The zero-order valence-electron chi connectivity index (χ0n) is 10.8. The van der Waals surface area contributed by atoms with Gasteiger partial charge in [0.25, 0.3) is 0 Å². The van der Waals surface area contributed by atoms with Gasteiger partial charge in [0.1, 0.15) is 5.82 Å². The molecule has 1 saturated carbocycles. The van der Waals surface area contributed by atoms with E-state index in [-0.39, 0.29) is 5.82 Å². The van der Waals surface area contributed by atoms with Crippen LogP contribution in [0.1, 0.15) is 24.0 Å². The van der Waals surface area contributed by atoms with Gasteiger partial charge in [-0.3, -0.25) is 0 Å². The fourth-order valence-electron chi connectivity index (χ4n) is 2.50. The highest BCUT2D eigenvalue weighted by atomic mass is 19.1. The summed E-state index contributed by atoms with van der Waals surface area (Å²) in [5.74, 6) is -0.242. The van der Waals surface area contributed by atoms with Crippen molar-refractivity contribution >= 4 is 0 Å². The quantitative estimate of drug-likeness (QED) is 0.778. The number of nitrogens with zero attached hydrogens (tertiary/aromatic N) is 1. The summed E-state index contributed by atoms with van der Waals surface area (Å²) in [5.41, 5.74) is 2.95. The Hall–Kier alpha value is -2.14. The third-order valence-corrected chi connectivity index (χ3v) is 3.92. The van der Waals surface area contributed by atoms with Crippen molar-refractivity contribution < 1.29 is 4.39 Å². The highest BCUT2D eigenvalue weighted by Gasteiger charge is 2.45. The number of benzene rings is 2. The summed E-state index contributed by atoms with van der Waals surface area (Å²) in [5, 5.41) is 9.16. The number of aryl methyl sites for hydroxylation is 1. The Balaban J connectivity index is 2.07. The van der Waals surface area contributed by atoms with Gasteiger partial charge in [-0.05, 0) is 42.5 Å². The molecule has 3 rings (SSSR count). The molecule has 2 aromatic carbocycles. The van der Waals surface area contributed by atoms with Crippen LogP contribution in [-0.4, -0.2) is 0 Å². The summed E-state index contributed by atoms with van der Waals surface area (Å²) < 4.78 is 14.3. The van der Waals surface area contributed by atoms with Gasteiger partial charge >= 0.3 is 0 Å². The van der Waals surface area contributed by atoms with Crippen LogP contribution in [0.3, 0.4) is 0 Å². The minimum absolute atomic E-state index is 0.242. The number of nitriles is 1. The van der Waals surface area contributed by atoms with Crippen molar-refractivity contribution in [3.63, 3.8) is 0 Å². The molecule has 0 unspecified atom stereocenters. The van der Waals surface area contributed by atoms with Crippen LogP contribution in [0, 0.1) is 24.1 Å². The largest absolute Gasteiger partial charge is 0.206 e. The van der Waals surface area contributed by atoms with E-state index >= 15 is 0 Å². The maximum absolute atomic E-state index is 14.3. The summed E-state index contributed by atoms with van der Waals surface area (Å²) >= 11 is 0. The van der Waals surface area contributed by atoms with Crippen molar-refractivity contribution in [1.29, 1.82) is 5.26 Å². The van der Waals surface area contributed by atoms with E-state index < -0.39 is 5.41 Å². The first kappa shape index (κ1) is 11.9. The standard InChI is InChI=1S/C17H14FN/c1-12-4-2-3-5-14(12)15-7-6-13(10-16(15)18)17(11-19)8-9-17/h2-7,10H,8-9H2,1H3. The second-order valence-electron chi connectivity index (χ2n) is 5.20. The first-order chi connectivity index (χ1) is 9.16. The second-order valence-corrected chi connectivity index (χ2v) is 5.20. The minimum Gasteiger partial charge on any atom is -0.206 e. The SMILES string of the molecule is Cc1ccccc1-c1ccc(C2(C#N)CC2)cc1F. The van der Waals surface area contributed by atoms with Crippen LogP contribution in [0.15, 0.2) is 42.5 Å². The van der Waals surface area contributed by atoms with Gasteiger partial charge in [0.15, 0.2) is 0 Å². The van der Waals surface area contributed by atoms with E-state index in [4.69, 9.17) is 5.26 Å². The Morgan fingerprint density at radius 1 is 1.11 bits per heavy atom. The highest BCUT2D eigenvalue weighted by molar-refractivity contribution is 5.68. The van der Waals surface area contributed by atoms with Crippen molar-refractivity contribution in [2.75, 3.05) is 0 Å². The molecule has 94 valence electrons. The Kier molecular flexibility index (Phi) is 2.64. The van der Waals surface area contributed by atoms with E-state index in [2.05, 4.69) is 6.07 Å². The summed E-state index contributed by atoms with van der Waals surface area (Å²) in [7, 11) is 0. The van der Waals surface area contributed by atoms with Crippen LogP contribution < -0.4 is 0 Å².